The number of rotatable bonds is 5. The fourth-order valence-corrected chi connectivity index (χ4v) is 0.820. The maximum atomic E-state index is 5.34. The van der Waals surface area contributed by atoms with Crippen molar-refractivity contribution in [2.45, 2.75) is 20.3 Å². The normalized spacial score (nSPS) is 12.7. The number of allylic oxidation sites excluding steroid dienone is 6. The van der Waals surface area contributed by atoms with E-state index in [1.807, 2.05) is 37.3 Å². The summed E-state index contributed by atoms with van der Waals surface area (Å²) in [5, 5.41) is 0. The van der Waals surface area contributed by atoms with Crippen LogP contribution in [0.15, 0.2) is 53.2 Å². The molecule has 0 amide bonds. The predicted octanol–water partition coefficient (Wildman–Crippen LogP) is 3.67. The van der Waals surface area contributed by atoms with Gasteiger partial charge in [0, 0.05) is 11.8 Å². The molecule has 0 unspecified atom stereocenters. The van der Waals surface area contributed by atoms with Gasteiger partial charge in [-0.15, -0.1) is 6.42 Å². The van der Waals surface area contributed by atoms with Crippen LogP contribution in [0.5, 0.6) is 0 Å². The molecule has 0 aliphatic rings. The van der Waals surface area contributed by atoms with Gasteiger partial charge in [0.15, 0.2) is 0 Å². The largest absolute Gasteiger partial charge is 0.256 e. The Hall–Kier alpha value is -1.81. The molecule has 0 aliphatic carbocycles. The van der Waals surface area contributed by atoms with Crippen LogP contribution in [0.2, 0.25) is 0 Å². The first-order valence-corrected chi connectivity index (χ1v) is 4.94. The average molecular weight is 199 g/mol. The summed E-state index contributed by atoms with van der Waals surface area (Å²) in [6.45, 7) is 7.80. The Bertz CT molecular complexity index is 346. The van der Waals surface area contributed by atoms with Gasteiger partial charge >= 0.3 is 0 Å². The maximum Gasteiger partial charge on any atom is 0.0714 e. The second kappa shape index (κ2) is 8.77. The summed E-state index contributed by atoms with van der Waals surface area (Å²) in [7, 11) is 0. The van der Waals surface area contributed by atoms with E-state index in [0.29, 0.717) is 11.3 Å². The van der Waals surface area contributed by atoms with Gasteiger partial charge in [-0.3, -0.25) is 4.99 Å². The first kappa shape index (κ1) is 13.2. The lowest BCUT2D eigenvalue weighted by atomic mass is 10.2. The lowest BCUT2D eigenvalue weighted by molar-refractivity contribution is 1.23. The van der Waals surface area contributed by atoms with Crippen molar-refractivity contribution in [2.75, 3.05) is 0 Å². The predicted molar refractivity (Wildman–Crippen MR) is 68.8 cm³/mol. The second-order valence-electron chi connectivity index (χ2n) is 2.81. The molecule has 0 aromatic carbocycles. The third-order valence-electron chi connectivity index (χ3n) is 1.61. The molecule has 0 spiro atoms. The summed E-state index contributed by atoms with van der Waals surface area (Å²) in [6, 6.07) is 0. The number of nitrogens with zero attached hydrogens (tertiary/aromatic N) is 1. The molecule has 0 bridgehead atoms. The molecule has 0 saturated heterocycles. The zero-order valence-corrected chi connectivity index (χ0v) is 9.40. The standard InChI is InChI=1S/C14H17N/c1-5-8-10-12-15-13(4)14(7-3)11-9-6-2/h3,6,8-12H,4-5H2,1-2H3/b9-6-,10-8-,14-11+,15-12?. The number of hydrogen-bond acceptors (Lipinski definition) is 1. The first-order valence-electron chi connectivity index (χ1n) is 4.94. The summed E-state index contributed by atoms with van der Waals surface area (Å²) in [5.41, 5.74) is 1.31. The topological polar surface area (TPSA) is 12.4 Å². The molecule has 0 aromatic rings. The average Bonchev–Trinajstić information content (AvgIpc) is 2.25. The SMILES string of the molecule is C#C/C(=C\C=C/C)C(=C)N=C/C=C\CC. The van der Waals surface area contributed by atoms with E-state index in [2.05, 4.69) is 24.4 Å². The van der Waals surface area contributed by atoms with Gasteiger partial charge in [-0.05, 0) is 25.5 Å². The van der Waals surface area contributed by atoms with E-state index in [4.69, 9.17) is 6.42 Å². The van der Waals surface area contributed by atoms with Gasteiger partial charge < -0.3 is 0 Å². The minimum absolute atomic E-state index is 0.608. The van der Waals surface area contributed by atoms with Crippen molar-refractivity contribution in [3.05, 3.63) is 48.2 Å². The van der Waals surface area contributed by atoms with Crippen molar-refractivity contribution >= 4 is 6.21 Å². The van der Waals surface area contributed by atoms with Crippen LogP contribution in [0.25, 0.3) is 0 Å². The molecule has 78 valence electrons. The molecule has 0 heterocycles. The van der Waals surface area contributed by atoms with Crippen LogP contribution in [-0.4, -0.2) is 6.21 Å². The number of terminal acetylenes is 1. The van der Waals surface area contributed by atoms with Crippen LogP contribution < -0.4 is 0 Å². The summed E-state index contributed by atoms with van der Waals surface area (Å²) >= 11 is 0. The van der Waals surface area contributed by atoms with Gasteiger partial charge in [-0.2, -0.15) is 0 Å². The molecule has 0 atom stereocenters. The van der Waals surface area contributed by atoms with Crippen LogP contribution in [0, 0.1) is 12.3 Å². The molecule has 0 rings (SSSR count). The van der Waals surface area contributed by atoms with E-state index < -0.39 is 0 Å². The molecule has 1 nitrogen and oxygen atoms in total. The Morgan fingerprint density at radius 3 is 2.73 bits per heavy atom. The quantitative estimate of drug-likeness (QED) is 0.364. The van der Waals surface area contributed by atoms with Crippen molar-refractivity contribution in [3.8, 4) is 12.3 Å². The van der Waals surface area contributed by atoms with E-state index in [0.717, 1.165) is 6.42 Å². The van der Waals surface area contributed by atoms with Crippen molar-refractivity contribution in [1.29, 1.82) is 0 Å². The molecule has 0 fully saturated rings. The minimum atomic E-state index is 0.608. The van der Waals surface area contributed by atoms with Gasteiger partial charge in [0.1, 0.15) is 0 Å². The van der Waals surface area contributed by atoms with Crippen LogP contribution in [-0.2, 0) is 0 Å². The van der Waals surface area contributed by atoms with Crippen LogP contribution >= 0.6 is 0 Å². The molecular formula is C14H17N. The highest BCUT2D eigenvalue weighted by Crippen LogP contribution is 2.07. The molecule has 0 saturated carbocycles. The monoisotopic (exact) mass is 199 g/mol. The van der Waals surface area contributed by atoms with Crippen LogP contribution in [0.3, 0.4) is 0 Å². The zero-order valence-electron chi connectivity index (χ0n) is 9.40. The molecule has 0 aromatic heterocycles. The van der Waals surface area contributed by atoms with Crippen LogP contribution in [0.4, 0.5) is 0 Å². The molecular weight excluding hydrogens is 182 g/mol. The Morgan fingerprint density at radius 1 is 1.47 bits per heavy atom. The molecule has 0 N–H and O–H groups in total. The second-order valence-corrected chi connectivity index (χ2v) is 2.81. The highest BCUT2D eigenvalue weighted by atomic mass is 14.7. The summed E-state index contributed by atoms with van der Waals surface area (Å²) in [4.78, 5) is 4.13. The highest BCUT2D eigenvalue weighted by Gasteiger charge is 1.93. The fraction of sp³-hybridized carbons (Fsp3) is 0.214. The van der Waals surface area contributed by atoms with E-state index >= 15 is 0 Å². The number of hydrogen-bond donors (Lipinski definition) is 0. The minimum Gasteiger partial charge on any atom is -0.256 e. The Labute approximate surface area is 92.6 Å². The Morgan fingerprint density at radius 2 is 2.20 bits per heavy atom. The molecule has 0 radical (unpaired) electrons. The van der Waals surface area contributed by atoms with Crippen molar-refractivity contribution < 1.29 is 0 Å². The van der Waals surface area contributed by atoms with E-state index in [-0.39, 0.29) is 0 Å². The summed E-state index contributed by atoms with van der Waals surface area (Å²) < 4.78 is 0. The molecule has 0 aliphatic heterocycles. The van der Waals surface area contributed by atoms with Gasteiger partial charge in [-0.1, -0.05) is 37.7 Å². The van der Waals surface area contributed by atoms with Gasteiger partial charge in [-0.25, -0.2) is 0 Å². The van der Waals surface area contributed by atoms with Crippen molar-refractivity contribution in [3.63, 3.8) is 0 Å². The highest BCUT2D eigenvalue weighted by molar-refractivity contribution is 5.73. The van der Waals surface area contributed by atoms with Gasteiger partial charge in [0.25, 0.3) is 0 Å². The lowest BCUT2D eigenvalue weighted by Gasteiger charge is -1.95. The maximum absolute atomic E-state index is 5.34. The third-order valence-corrected chi connectivity index (χ3v) is 1.61. The van der Waals surface area contributed by atoms with E-state index in [1.165, 1.54) is 0 Å². The van der Waals surface area contributed by atoms with Crippen LogP contribution in [0.1, 0.15) is 20.3 Å². The fourth-order valence-electron chi connectivity index (χ4n) is 0.820. The Balaban J connectivity index is 4.49. The van der Waals surface area contributed by atoms with E-state index in [9.17, 15) is 0 Å². The lowest BCUT2D eigenvalue weighted by Crippen LogP contribution is -1.81. The smallest absolute Gasteiger partial charge is 0.0714 e. The first-order chi connectivity index (χ1) is 7.26. The van der Waals surface area contributed by atoms with Crippen molar-refractivity contribution in [2.24, 2.45) is 4.99 Å². The van der Waals surface area contributed by atoms with Crippen molar-refractivity contribution in [1.82, 2.24) is 0 Å². The number of aliphatic imine (C=N–C) groups is 1. The summed E-state index contributed by atoms with van der Waals surface area (Å²) in [5.74, 6) is 2.55. The van der Waals surface area contributed by atoms with Gasteiger partial charge in [0.2, 0.25) is 0 Å². The molecule has 1 heteroatoms. The zero-order chi connectivity index (χ0) is 11.5. The molecule has 15 heavy (non-hydrogen) atoms. The van der Waals surface area contributed by atoms with E-state index in [1.54, 1.807) is 6.21 Å². The Kier molecular flexibility index (Phi) is 7.71. The van der Waals surface area contributed by atoms with Gasteiger partial charge in [0.05, 0.1) is 5.70 Å². The summed E-state index contributed by atoms with van der Waals surface area (Å²) in [6.07, 6.45) is 17.5. The third kappa shape index (κ3) is 6.29.